The van der Waals surface area contributed by atoms with Gasteiger partial charge in [0.25, 0.3) is 5.91 Å². The van der Waals surface area contributed by atoms with E-state index in [1.54, 1.807) is 24.4 Å². The lowest BCUT2D eigenvalue weighted by Gasteiger charge is -2.04. The Morgan fingerprint density at radius 3 is 2.75 bits per heavy atom. The van der Waals surface area contributed by atoms with Gasteiger partial charge >= 0.3 is 0 Å². The van der Waals surface area contributed by atoms with Crippen molar-refractivity contribution in [1.29, 1.82) is 0 Å². The monoisotopic (exact) mass is 399 g/mol. The van der Waals surface area contributed by atoms with Crippen LogP contribution in [0.1, 0.15) is 21.7 Å². The maximum Gasteiger partial charge on any atom is 0.272 e. The number of carbonyl (C=O) groups is 1. The molecule has 0 atom stereocenters. The molecular formula is C18H11BrClN3O. The predicted molar refractivity (Wildman–Crippen MR) is 98.1 cm³/mol. The first kappa shape index (κ1) is 16.3. The van der Waals surface area contributed by atoms with Crippen molar-refractivity contribution in [1.82, 2.24) is 9.97 Å². The van der Waals surface area contributed by atoms with Crippen molar-refractivity contribution in [2.24, 2.45) is 0 Å². The van der Waals surface area contributed by atoms with E-state index in [1.807, 2.05) is 30.3 Å². The molecule has 2 heterocycles. The van der Waals surface area contributed by atoms with Gasteiger partial charge in [-0.1, -0.05) is 29.7 Å². The minimum Gasteiger partial charge on any atom is -0.344 e. The molecule has 0 unspecified atom stereocenters. The van der Waals surface area contributed by atoms with Crippen molar-refractivity contribution >= 4 is 39.1 Å². The molecular weight excluding hydrogens is 390 g/mol. The second-order valence-corrected chi connectivity index (χ2v) is 6.05. The normalized spacial score (nSPS) is 9.92. The topological polar surface area (TPSA) is 57.8 Å². The van der Waals surface area contributed by atoms with E-state index >= 15 is 0 Å². The van der Waals surface area contributed by atoms with Crippen molar-refractivity contribution in [3.8, 4) is 11.8 Å². The highest BCUT2D eigenvalue weighted by Gasteiger charge is 2.11. The molecule has 0 radical (unpaired) electrons. The van der Waals surface area contributed by atoms with Gasteiger partial charge in [0.1, 0.15) is 16.0 Å². The van der Waals surface area contributed by atoms with Gasteiger partial charge in [-0.25, -0.2) is 4.98 Å². The second kappa shape index (κ2) is 7.35. The van der Waals surface area contributed by atoms with Gasteiger partial charge in [-0.2, -0.15) is 0 Å². The number of hydrogen-bond donors (Lipinski definition) is 2. The van der Waals surface area contributed by atoms with Crippen LogP contribution in [0, 0.1) is 11.8 Å². The molecule has 1 amide bonds. The van der Waals surface area contributed by atoms with E-state index in [4.69, 9.17) is 11.6 Å². The van der Waals surface area contributed by atoms with E-state index in [9.17, 15) is 4.79 Å². The van der Waals surface area contributed by atoms with E-state index < -0.39 is 0 Å². The molecule has 0 bridgehead atoms. The van der Waals surface area contributed by atoms with Gasteiger partial charge in [-0.05, 0) is 58.2 Å². The van der Waals surface area contributed by atoms with E-state index in [-0.39, 0.29) is 5.91 Å². The summed E-state index contributed by atoms with van der Waals surface area (Å²) >= 11 is 9.15. The zero-order chi connectivity index (χ0) is 16.9. The fourth-order valence-corrected chi connectivity index (χ4v) is 2.46. The van der Waals surface area contributed by atoms with Crippen LogP contribution in [-0.4, -0.2) is 15.9 Å². The molecule has 3 rings (SSSR count). The Morgan fingerprint density at radius 1 is 1.17 bits per heavy atom. The molecule has 0 spiro atoms. The average Bonchev–Trinajstić information content (AvgIpc) is 2.94. The summed E-state index contributed by atoms with van der Waals surface area (Å²) in [6.45, 7) is 0. The molecule has 0 aliphatic rings. The lowest BCUT2D eigenvalue weighted by atomic mass is 10.2. The lowest BCUT2D eigenvalue weighted by molar-refractivity contribution is 0.102. The van der Waals surface area contributed by atoms with Crippen LogP contribution in [0.25, 0.3) is 0 Å². The number of rotatable bonds is 2. The third-order valence-corrected chi connectivity index (χ3v) is 4.24. The standard InChI is InChI=1S/C18H11BrClN3O/c19-17-15(20)11-16(23-17)18(24)22-14-6-3-4-12(10-14)7-8-13-5-1-2-9-21-13/h1-6,9-11,23H,(H,22,24). The first-order valence-electron chi connectivity index (χ1n) is 7.00. The first-order valence-corrected chi connectivity index (χ1v) is 8.17. The van der Waals surface area contributed by atoms with Crippen molar-refractivity contribution < 1.29 is 4.79 Å². The van der Waals surface area contributed by atoms with E-state index in [2.05, 4.69) is 43.1 Å². The number of halogens is 2. The van der Waals surface area contributed by atoms with Crippen molar-refractivity contribution in [3.63, 3.8) is 0 Å². The fraction of sp³-hybridized carbons (Fsp3) is 0. The number of amides is 1. The molecule has 0 aliphatic heterocycles. The van der Waals surface area contributed by atoms with Crippen molar-refractivity contribution in [2.75, 3.05) is 5.32 Å². The lowest BCUT2D eigenvalue weighted by Crippen LogP contribution is -2.12. The number of hydrogen-bond acceptors (Lipinski definition) is 2. The van der Waals surface area contributed by atoms with Gasteiger partial charge in [0.15, 0.2) is 0 Å². The Kier molecular flexibility index (Phi) is 4.99. The van der Waals surface area contributed by atoms with Crippen molar-refractivity contribution in [2.45, 2.75) is 0 Å². The summed E-state index contributed by atoms with van der Waals surface area (Å²) in [6, 6.07) is 14.4. The highest BCUT2D eigenvalue weighted by Crippen LogP contribution is 2.23. The summed E-state index contributed by atoms with van der Waals surface area (Å²) in [4.78, 5) is 19.2. The van der Waals surface area contributed by atoms with Crippen LogP contribution >= 0.6 is 27.5 Å². The minimum atomic E-state index is -0.280. The van der Waals surface area contributed by atoms with Gasteiger partial charge in [0.2, 0.25) is 0 Å². The van der Waals surface area contributed by atoms with Gasteiger partial charge in [-0.15, -0.1) is 0 Å². The number of carbonyl (C=O) groups excluding carboxylic acids is 1. The number of nitrogens with zero attached hydrogens (tertiary/aromatic N) is 1. The fourth-order valence-electron chi connectivity index (χ4n) is 1.97. The molecule has 6 heteroatoms. The van der Waals surface area contributed by atoms with Gasteiger partial charge in [0.05, 0.1) is 5.02 Å². The number of benzene rings is 1. The summed E-state index contributed by atoms with van der Waals surface area (Å²) in [5, 5.41) is 3.26. The second-order valence-electron chi connectivity index (χ2n) is 4.84. The maximum absolute atomic E-state index is 12.2. The molecule has 0 aliphatic carbocycles. The Balaban J connectivity index is 1.76. The van der Waals surface area contributed by atoms with Crippen molar-refractivity contribution in [3.05, 3.63) is 81.3 Å². The quantitative estimate of drug-likeness (QED) is 0.623. The molecule has 2 aromatic heterocycles. The highest BCUT2D eigenvalue weighted by molar-refractivity contribution is 9.10. The summed E-state index contributed by atoms with van der Waals surface area (Å²) in [6.07, 6.45) is 1.69. The third kappa shape index (κ3) is 4.05. The van der Waals surface area contributed by atoms with Crippen LogP contribution in [0.15, 0.2) is 59.3 Å². The molecule has 118 valence electrons. The van der Waals surface area contributed by atoms with Crippen LogP contribution in [0.5, 0.6) is 0 Å². The zero-order valence-corrected chi connectivity index (χ0v) is 14.6. The summed E-state index contributed by atoms with van der Waals surface area (Å²) in [7, 11) is 0. The zero-order valence-electron chi connectivity index (χ0n) is 12.3. The number of aromatic nitrogens is 2. The van der Waals surface area contributed by atoms with Crippen LogP contribution in [-0.2, 0) is 0 Å². The van der Waals surface area contributed by atoms with E-state index in [0.29, 0.717) is 26.7 Å². The molecule has 0 saturated carbocycles. The Morgan fingerprint density at radius 2 is 2.04 bits per heavy atom. The largest absolute Gasteiger partial charge is 0.344 e. The number of aromatic amines is 1. The highest BCUT2D eigenvalue weighted by atomic mass is 79.9. The average molecular weight is 401 g/mol. The molecule has 3 aromatic rings. The molecule has 0 saturated heterocycles. The molecule has 1 aromatic carbocycles. The summed E-state index contributed by atoms with van der Waals surface area (Å²) in [5.41, 5.74) is 2.49. The Hall–Kier alpha value is -2.55. The Bertz CT molecular complexity index is 922. The van der Waals surface area contributed by atoms with Crippen LogP contribution in [0.4, 0.5) is 5.69 Å². The number of pyridine rings is 1. The molecule has 4 nitrogen and oxygen atoms in total. The van der Waals surface area contributed by atoms with E-state index in [0.717, 1.165) is 5.56 Å². The van der Waals surface area contributed by atoms with Gasteiger partial charge in [0, 0.05) is 17.4 Å². The molecule has 24 heavy (non-hydrogen) atoms. The minimum absolute atomic E-state index is 0.280. The smallest absolute Gasteiger partial charge is 0.272 e. The van der Waals surface area contributed by atoms with Gasteiger partial charge < -0.3 is 10.3 Å². The number of anilines is 1. The predicted octanol–water partition coefficient (Wildman–Crippen LogP) is 4.48. The number of nitrogens with one attached hydrogen (secondary N) is 2. The first-order chi connectivity index (χ1) is 11.6. The third-order valence-electron chi connectivity index (χ3n) is 3.09. The van der Waals surface area contributed by atoms with Crippen LogP contribution in [0.2, 0.25) is 5.02 Å². The Labute approximate surface area is 152 Å². The maximum atomic E-state index is 12.2. The van der Waals surface area contributed by atoms with Gasteiger partial charge in [-0.3, -0.25) is 4.79 Å². The van der Waals surface area contributed by atoms with Crippen LogP contribution < -0.4 is 5.32 Å². The van der Waals surface area contributed by atoms with Crippen LogP contribution in [0.3, 0.4) is 0 Å². The SMILES string of the molecule is O=C(Nc1cccc(C#Cc2ccccn2)c1)c1cc(Cl)c(Br)[nH]1. The molecule has 0 fully saturated rings. The van der Waals surface area contributed by atoms with E-state index in [1.165, 1.54) is 0 Å². The summed E-state index contributed by atoms with van der Waals surface area (Å²) in [5.74, 6) is 5.73. The molecule has 2 N–H and O–H groups in total. The number of H-pyrrole nitrogens is 1. The summed E-state index contributed by atoms with van der Waals surface area (Å²) < 4.78 is 0.573.